The van der Waals surface area contributed by atoms with Gasteiger partial charge in [-0.05, 0) is 23.6 Å². The molecule has 0 aliphatic carbocycles. The van der Waals surface area contributed by atoms with Crippen LogP contribution in [0.4, 0.5) is 5.82 Å². The zero-order valence-electron chi connectivity index (χ0n) is 7.59. The van der Waals surface area contributed by atoms with Gasteiger partial charge in [0.2, 0.25) is 0 Å². The quantitative estimate of drug-likeness (QED) is 0.706. The number of pyridine rings is 1. The highest BCUT2D eigenvalue weighted by Crippen LogP contribution is 2.13. The summed E-state index contributed by atoms with van der Waals surface area (Å²) in [5, 5.41) is 3.05. The molecule has 0 radical (unpaired) electrons. The number of rotatable bonds is 3. The van der Waals surface area contributed by atoms with E-state index in [9.17, 15) is 0 Å². The molecule has 0 spiro atoms. The molecule has 3 nitrogen and oxygen atoms in total. The Hall–Kier alpha value is -1.09. The van der Waals surface area contributed by atoms with E-state index in [-0.39, 0.29) is 0 Å². The van der Waals surface area contributed by atoms with Crippen LogP contribution in [0.3, 0.4) is 0 Å². The highest BCUT2D eigenvalue weighted by atomic mass is 15.0. The molecule has 3 heteroatoms. The molecule has 0 saturated carbocycles. The summed E-state index contributed by atoms with van der Waals surface area (Å²) < 4.78 is 0. The summed E-state index contributed by atoms with van der Waals surface area (Å²) in [4.78, 5) is 4.25. The van der Waals surface area contributed by atoms with E-state index in [1.54, 1.807) is 0 Å². The third-order valence-electron chi connectivity index (χ3n) is 1.88. The molecule has 66 valence electrons. The third-order valence-corrected chi connectivity index (χ3v) is 1.88. The van der Waals surface area contributed by atoms with Crippen LogP contribution in [0.25, 0.3) is 0 Å². The molecular weight excluding hydrogens is 150 g/mol. The van der Waals surface area contributed by atoms with Crippen molar-refractivity contribution in [1.82, 2.24) is 4.98 Å². The Morgan fingerprint density at radius 2 is 2.33 bits per heavy atom. The molecule has 1 aromatic rings. The number of nitrogens with two attached hydrogens (primary N) is 1. The van der Waals surface area contributed by atoms with E-state index >= 15 is 0 Å². The van der Waals surface area contributed by atoms with Gasteiger partial charge in [0, 0.05) is 19.8 Å². The van der Waals surface area contributed by atoms with E-state index in [2.05, 4.69) is 23.3 Å². The van der Waals surface area contributed by atoms with Crippen LogP contribution < -0.4 is 11.1 Å². The van der Waals surface area contributed by atoms with Crippen molar-refractivity contribution in [2.45, 2.75) is 19.9 Å². The minimum absolute atomic E-state index is 0.560. The molecule has 0 amide bonds. The van der Waals surface area contributed by atoms with Crippen LogP contribution in [-0.4, -0.2) is 12.0 Å². The molecule has 0 aliphatic heterocycles. The lowest BCUT2D eigenvalue weighted by molar-refractivity contribution is 1.01. The molecule has 0 fully saturated rings. The second-order valence-electron chi connectivity index (χ2n) is 2.66. The summed E-state index contributed by atoms with van der Waals surface area (Å²) in [7, 11) is 1.88. The summed E-state index contributed by atoms with van der Waals surface area (Å²) in [5.41, 5.74) is 7.82. The van der Waals surface area contributed by atoms with Gasteiger partial charge >= 0.3 is 0 Å². The lowest BCUT2D eigenvalue weighted by Crippen LogP contribution is -2.02. The Morgan fingerprint density at radius 3 is 2.83 bits per heavy atom. The van der Waals surface area contributed by atoms with Gasteiger partial charge < -0.3 is 11.1 Å². The second-order valence-corrected chi connectivity index (χ2v) is 2.66. The Kier molecular flexibility index (Phi) is 3.05. The van der Waals surface area contributed by atoms with E-state index in [1.807, 2.05) is 13.2 Å². The summed E-state index contributed by atoms with van der Waals surface area (Å²) in [6, 6.07) is 2.10. The van der Waals surface area contributed by atoms with Crippen molar-refractivity contribution in [3.8, 4) is 0 Å². The van der Waals surface area contributed by atoms with Crippen LogP contribution in [0.2, 0.25) is 0 Å². The summed E-state index contributed by atoms with van der Waals surface area (Å²) in [5.74, 6) is 0.953. The molecule has 1 rings (SSSR count). The summed E-state index contributed by atoms with van der Waals surface area (Å²) in [6.07, 6.45) is 2.79. The maximum absolute atomic E-state index is 5.50. The lowest BCUT2D eigenvalue weighted by atomic mass is 10.1. The van der Waals surface area contributed by atoms with Gasteiger partial charge in [-0.15, -0.1) is 0 Å². The first-order chi connectivity index (χ1) is 5.81. The van der Waals surface area contributed by atoms with Crippen LogP contribution >= 0.6 is 0 Å². The Balaban J connectivity index is 3.02. The molecule has 12 heavy (non-hydrogen) atoms. The van der Waals surface area contributed by atoms with E-state index in [1.165, 1.54) is 5.56 Å². The van der Waals surface area contributed by atoms with Crippen molar-refractivity contribution in [2.75, 3.05) is 12.4 Å². The summed E-state index contributed by atoms with van der Waals surface area (Å²) >= 11 is 0. The molecule has 0 aliphatic rings. The molecule has 0 unspecified atom stereocenters. The van der Waals surface area contributed by atoms with Gasteiger partial charge in [-0.25, -0.2) is 4.98 Å². The molecule has 0 bridgehead atoms. The van der Waals surface area contributed by atoms with E-state index < -0.39 is 0 Å². The molecule has 0 atom stereocenters. The van der Waals surface area contributed by atoms with Gasteiger partial charge in [-0.1, -0.05) is 6.92 Å². The van der Waals surface area contributed by atoms with Crippen molar-refractivity contribution < 1.29 is 0 Å². The first kappa shape index (κ1) is 9.00. The lowest BCUT2D eigenvalue weighted by Gasteiger charge is -2.06. The number of aryl methyl sites for hydroxylation is 1. The SMILES string of the molecule is CCc1cc(CN)cnc1NC. The zero-order chi connectivity index (χ0) is 8.97. The molecule has 0 saturated heterocycles. The first-order valence-corrected chi connectivity index (χ1v) is 4.17. The molecular formula is C9H15N3. The molecule has 3 N–H and O–H groups in total. The largest absolute Gasteiger partial charge is 0.373 e. The number of nitrogens with one attached hydrogen (secondary N) is 1. The smallest absolute Gasteiger partial charge is 0.128 e. The minimum atomic E-state index is 0.560. The normalized spacial score (nSPS) is 9.92. The zero-order valence-corrected chi connectivity index (χ0v) is 7.59. The molecule has 0 aromatic carbocycles. The van der Waals surface area contributed by atoms with E-state index in [0.717, 1.165) is 17.8 Å². The fourth-order valence-corrected chi connectivity index (χ4v) is 1.17. The van der Waals surface area contributed by atoms with Crippen molar-refractivity contribution in [1.29, 1.82) is 0 Å². The number of nitrogens with zero attached hydrogens (tertiary/aromatic N) is 1. The van der Waals surface area contributed by atoms with Crippen molar-refractivity contribution in [3.63, 3.8) is 0 Å². The van der Waals surface area contributed by atoms with Crippen molar-refractivity contribution in [3.05, 3.63) is 23.4 Å². The van der Waals surface area contributed by atoms with E-state index in [4.69, 9.17) is 5.73 Å². The average molecular weight is 165 g/mol. The summed E-state index contributed by atoms with van der Waals surface area (Å²) in [6.45, 7) is 2.67. The van der Waals surface area contributed by atoms with Gasteiger partial charge in [-0.3, -0.25) is 0 Å². The van der Waals surface area contributed by atoms with Crippen LogP contribution in [-0.2, 0) is 13.0 Å². The molecule has 1 heterocycles. The highest BCUT2D eigenvalue weighted by molar-refractivity contribution is 5.44. The van der Waals surface area contributed by atoms with E-state index in [0.29, 0.717) is 6.54 Å². The maximum atomic E-state index is 5.50. The highest BCUT2D eigenvalue weighted by Gasteiger charge is 2.00. The standard InChI is InChI=1S/C9H15N3/c1-3-8-4-7(5-10)6-12-9(8)11-2/h4,6H,3,5,10H2,1-2H3,(H,11,12). The first-order valence-electron chi connectivity index (χ1n) is 4.17. The number of anilines is 1. The van der Waals surface area contributed by atoms with Crippen molar-refractivity contribution >= 4 is 5.82 Å². The molecule has 1 aromatic heterocycles. The number of aromatic nitrogens is 1. The fourth-order valence-electron chi connectivity index (χ4n) is 1.17. The monoisotopic (exact) mass is 165 g/mol. The van der Waals surface area contributed by atoms with Gasteiger partial charge in [0.25, 0.3) is 0 Å². The Labute approximate surface area is 73.0 Å². The number of hydrogen-bond donors (Lipinski definition) is 2. The van der Waals surface area contributed by atoms with Gasteiger partial charge in [0.1, 0.15) is 5.82 Å². The van der Waals surface area contributed by atoms with Crippen LogP contribution in [0.5, 0.6) is 0 Å². The third kappa shape index (κ3) is 1.74. The van der Waals surface area contributed by atoms with Crippen LogP contribution in [0, 0.1) is 0 Å². The predicted molar refractivity (Wildman–Crippen MR) is 51.1 cm³/mol. The Morgan fingerprint density at radius 1 is 1.58 bits per heavy atom. The number of hydrogen-bond acceptors (Lipinski definition) is 3. The van der Waals surface area contributed by atoms with Gasteiger partial charge in [0.05, 0.1) is 0 Å². The van der Waals surface area contributed by atoms with Crippen LogP contribution in [0.15, 0.2) is 12.3 Å². The Bertz CT molecular complexity index is 258. The average Bonchev–Trinajstić information content (AvgIpc) is 2.16. The maximum Gasteiger partial charge on any atom is 0.128 e. The fraction of sp³-hybridized carbons (Fsp3) is 0.444. The second kappa shape index (κ2) is 4.07. The predicted octanol–water partition coefficient (Wildman–Crippen LogP) is 1.14. The topological polar surface area (TPSA) is 50.9 Å². The van der Waals surface area contributed by atoms with Gasteiger partial charge in [-0.2, -0.15) is 0 Å². The van der Waals surface area contributed by atoms with Crippen LogP contribution in [0.1, 0.15) is 18.1 Å². The minimum Gasteiger partial charge on any atom is -0.373 e. The van der Waals surface area contributed by atoms with Crippen molar-refractivity contribution in [2.24, 2.45) is 5.73 Å². The van der Waals surface area contributed by atoms with Gasteiger partial charge in [0.15, 0.2) is 0 Å².